The SMILES string of the molecule is C=C(C)C(=O)OCCOC(=O)c1ccc(-c2ccc(-c3ccc(OC(=O)C(=C)C)c(F)c3)cc2)cc1C(=O)OCCOC(=O)C(=C)C. The fourth-order valence-electron chi connectivity index (χ4n) is 3.82. The second-order valence-corrected chi connectivity index (χ2v) is 10.3. The zero-order chi connectivity index (χ0) is 34.7. The molecule has 0 spiro atoms. The molecule has 0 saturated carbocycles. The molecule has 0 atom stereocenters. The van der Waals surface area contributed by atoms with E-state index in [1.165, 1.54) is 45.0 Å². The summed E-state index contributed by atoms with van der Waals surface area (Å²) in [5.41, 5.74) is 2.64. The van der Waals surface area contributed by atoms with Gasteiger partial charge in [-0.05, 0) is 67.3 Å². The minimum absolute atomic E-state index is 0.108. The Morgan fingerprint density at radius 3 is 1.40 bits per heavy atom. The molecule has 0 radical (unpaired) electrons. The number of esters is 5. The number of ether oxygens (including phenoxy) is 5. The van der Waals surface area contributed by atoms with Crippen LogP contribution in [0.5, 0.6) is 5.75 Å². The molecular formula is C36H33FO10. The van der Waals surface area contributed by atoms with E-state index in [4.69, 9.17) is 23.7 Å². The monoisotopic (exact) mass is 644 g/mol. The third-order valence-electron chi connectivity index (χ3n) is 6.29. The van der Waals surface area contributed by atoms with Crippen LogP contribution in [0.3, 0.4) is 0 Å². The van der Waals surface area contributed by atoms with Crippen molar-refractivity contribution in [1.29, 1.82) is 0 Å². The van der Waals surface area contributed by atoms with Gasteiger partial charge in [-0.15, -0.1) is 0 Å². The highest BCUT2D eigenvalue weighted by Crippen LogP contribution is 2.30. The highest BCUT2D eigenvalue weighted by molar-refractivity contribution is 6.04. The molecule has 0 heterocycles. The van der Waals surface area contributed by atoms with Crippen molar-refractivity contribution in [2.45, 2.75) is 20.8 Å². The molecule has 3 rings (SSSR count). The van der Waals surface area contributed by atoms with Crippen molar-refractivity contribution >= 4 is 29.8 Å². The van der Waals surface area contributed by atoms with E-state index >= 15 is 0 Å². The zero-order valence-electron chi connectivity index (χ0n) is 26.2. The average molecular weight is 645 g/mol. The van der Waals surface area contributed by atoms with Gasteiger partial charge in [-0.2, -0.15) is 0 Å². The molecule has 3 aromatic carbocycles. The maximum Gasteiger partial charge on any atom is 0.339 e. The third-order valence-corrected chi connectivity index (χ3v) is 6.29. The lowest BCUT2D eigenvalue weighted by Crippen LogP contribution is -2.19. The Morgan fingerprint density at radius 1 is 0.532 bits per heavy atom. The first kappa shape index (κ1) is 35.6. The van der Waals surface area contributed by atoms with E-state index in [0.29, 0.717) is 22.3 Å². The molecule has 0 aliphatic carbocycles. The smallest absolute Gasteiger partial charge is 0.339 e. The summed E-state index contributed by atoms with van der Waals surface area (Å²) in [5.74, 6) is -4.71. The summed E-state index contributed by atoms with van der Waals surface area (Å²) in [6.45, 7) is 13.8. The molecule has 0 N–H and O–H groups in total. The Bertz CT molecular complexity index is 1740. The number of carbonyl (C=O) groups is 5. The number of benzene rings is 3. The highest BCUT2D eigenvalue weighted by atomic mass is 19.1. The van der Waals surface area contributed by atoms with E-state index < -0.39 is 35.7 Å². The fourth-order valence-corrected chi connectivity index (χ4v) is 3.82. The maximum absolute atomic E-state index is 14.6. The highest BCUT2D eigenvalue weighted by Gasteiger charge is 2.21. The van der Waals surface area contributed by atoms with Crippen LogP contribution in [0.15, 0.2) is 97.1 Å². The van der Waals surface area contributed by atoms with Gasteiger partial charge in [0.05, 0.1) is 11.1 Å². The average Bonchev–Trinajstić information content (AvgIpc) is 3.05. The Morgan fingerprint density at radius 2 is 0.936 bits per heavy atom. The summed E-state index contributed by atoms with van der Waals surface area (Å²) in [6, 6.07) is 15.5. The largest absolute Gasteiger partial charge is 0.459 e. The molecule has 0 fully saturated rings. The summed E-state index contributed by atoms with van der Waals surface area (Å²) in [5, 5.41) is 0. The van der Waals surface area contributed by atoms with E-state index in [-0.39, 0.29) is 60.0 Å². The fraction of sp³-hybridized carbons (Fsp3) is 0.194. The van der Waals surface area contributed by atoms with Crippen LogP contribution in [0.25, 0.3) is 22.3 Å². The van der Waals surface area contributed by atoms with Crippen LogP contribution in [0, 0.1) is 5.82 Å². The van der Waals surface area contributed by atoms with Crippen LogP contribution < -0.4 is 4.74 Å². The van der Waals surface area contributed by atoms with Crippen LogP contribution in [-0.4, -0.2) is 56.3 Å². The quantitative estimate of drug-likeness (QED) is 0.0658. The predicted octanol–water partition coefficient (Wildman–Crippen LogP) is 6.19. The predicted molar refractivity (Wildman–Crippen MR) is 170 cm³/mol. The van der Waals surface area contributed by atoms with Crippen LogP contribution in [0.1, 0.15) is 41.5 Å². The van der Waals surface area contributed by atoms with Crippen molar-refractivity contribution in [3.8, 4) is 28.0 Å². The number of hydrogen-bond donors (Lipinski definition) is 0. The molecule has 10 nitrogen and oxygen atoms in total. The molecule has 47 heavy (non-hydrogen) atoms. The van der Waals surface area contributed by atoms with Gasteiger partial charge in [0.2, 0.25) is 0 Å². The first-order chi connectivity index (χ1) is 22.3. The van der Waals surface area contributed by atoms with E-state index in [9.17, 15) is 28.4 Å². The lowest BCUT2D eigenvalue weighted by Gasteiger charge is -2.13. The van der Waals surface area contributed by atoms with Gasteiger partial charge < -0.3 is 23.7 Å². The van der Waals surface area contributed by atoms with Crippen molar-refractivity contribution in [3.05, 3.63) is 114 Å². The Kier molecular flexibility index (Phi) is 12.5. The van der Waals surface area contributed by atoms with Crippen LogP contribution >= 0.6 is 0 Å². The van der Waals surface area contributed by atoms with E-state index in [2.05, 4.69) is 19.7 Å². The third kappa shape index (κ3) is 10.1. The number of halogens is 1. The minimum atomic E-state index is -0.876. The summed E-state index contributed by atoms with van der Waals surface area (Å²) >= 11 is 0. The van der Waals surface area contributed by atoms with Gasteiger partial charge in [0.25, 0.3) is 0 Å². The first-order valence-corrected chi connectivity index (χ1v) is 14.2. The van der Waals surface area contributed by atoms with Crippen LogP contribution in [-0.2, 0) is 33.3 Å². The van der Waals surface area contributed by atoms with Gasteiger partial charge in [0.1, 0.15) is 26.4 Å². The molecule has 244 valence electrons. The number of carbonyl (C=O) groups excluding carboxylic acids is 5. The molecule has 0 saturated heterocycles. The summed E-state index contributed by atoms with van der Waals surface area (Å²) in [6.07, 6.45) is 0. The topological polar surface area (TPSA) is 132 Å². The van der Waals surface area contributed by atoms with Crippen molar-refractivity contribution in [2.24, 2.45) is 0 Å². The van der Waals surface area contributed by atoms with E-state index in [0.717, 1.165) is 0 Å². The molecule has 0 unspecified atom stereocenters. The normalized spacial score (nSPS) is 10.3. The summed E-state index contributed by atoms with van der Waals surface area (Å²) in [7, 11) is 0. The van der Waals surface area contributed by atoms with Gasteiger partial charge >= 0.3 is 29.8 Å². The number of rotatable bonds is 14. The molecule has 0 aliphatic heterocycles. The molecule has 0 aliphatic rings. The summed E-state index contributed by atoms with van der Waals surface area (Å²) < 4.78 is 40.0. The van der Waals surface area contributed by atoms with Gasteiger partial charge in [-0.25, -0.2) is 28.4 Å². The van der Waals surface area contributed by atoms with Crippen molar-refractivity contribution in [2.75, 3.05) is 26.4 Å². The summed E-state index contributed by atoms with van der Waals surface area (Å²) in [4.78, 5) is 60.9. The minimum Gasteiger partial charge on any atom is -0.459 e. The lowest BCUT2D eigenvalue weighted by atomic mass is 9.97. The molecule has 3 aromatic rings. The zero-order valence-corrected chi connectivity index (χ0v) is 26.2. The Balaban J connectivity index is 1.82. The molecule has 0 amide bonds. The van der Waals surface area contributed by atoms with Crippen LogP contribution in [0.2, 0.25) is 0 Å². The number of hydrogen-bond acceptors (Lipinski definition) is 10. The maximum atomic E-state index is 14.6. The molecular weight excluding hydrogens is 611 g/mol. The molecule has 0 aromatic heterocycles. The Labute approximate surface area is 271 Å². The van der Waals surface area contributed by atoms with Crippen molar-refractivity contribution < 1.29 is 52.0 Å². The van der Waals surface area contributed by atoms with E-state index in [1.807, 2.05) is 0 Å². The van der Waals surface area contributed by atoms with Crippen molar-refractivity contribution in [3.63, 3.8) is 0 Å². The van der Waals surface area contributed by atoms with Crippen LogP contribution in [0.4, 0.5) is 4.39 Å². The molecule has 11 heteroatoms. The van der Waals surface area contributed by atoms with Gasteiger partial charge in [-0.1, -0.05) is 56.1 Å². The molecule has 0 bridgehead atoms. The van der Waals surface area contributed by atoms with Gasteiger partial charge in [-0.3, -0.25) is 0 Å². The van der Waals surface area contributed by atoms with Gasteiger partial charge in [0.15, 0.2) is 11.6 Å². The second kappa shape index (κ2) is 16.5. The lowest BCUT2D eigenvalue weighted by molar-refractivity contribution is -0.140. The first-order valence-electron chi connectivity index (χ1n) is 14.2. The van der Waals surface area contributed by atoms with Gasteiger partial charge in [0, 0.05) is 16.7 Å². The van der Waals surface area contributed by atoms with Crippen molar-refractivity contribution in [1.82, 2.24) is 0 Å². The standard InChI is InChI=1S/C36H33FO10/c1-21(2)32(38)43-15-17-45-35(41)28-13-11-26(19-29(28)36(42)46-18-16-44-33(39)22(3)4)24-7-9-25(10-8-24)27-12-14-31(30(37)20-27)47-34(40)23(5)6/h7-14,19-20H,1,3,5,15-18H2,2,4,6H3. The second-order valence-electron chi connectivity index (χ2n) is 10.3. The van der Waals surface area contributed by atoms with E-state index in [1.54, 1.807) is 36.4 Å². The Hall–Kier alpha value is -5.84.